The number of nitrogens with zero attached hydrogens (tertiary/aromatic N) is 1. The van der Waals surface area contributed by atoms with Crippen LogP contribution in [0.4, 0.5) is 0 Å². The second kappa shape index (κ2) is 7.38. The quantitative estimate of drug-likeness (QED) is 0.798. The standard InChI is InChI=1S/C15H17BrN2O3/c1-2-3-12(15(19)20)17-9-14-18-8-13(21-14)10-4-6-11(16)7-5-10/h4-8,12,17H,2-3,9H2,1H3,(H,19,20). The number of benzene rings is 1. The van der Waals surface area contributed by atoms with Crippen LogP contribution in [0.2, 0.25) is 0 Å². The highest BCUT2D eigenvalue weighted by Crippen LogP contribution is 2.22. The van der Waals surface area contributed by atoms with E-state index in [0.29, 0.717) is 24.6 Å². The lowest BCUT2D eigenvalue weighted by molar-refractivity contribution is -0.139. The molecule has 0 aliphatic carbocycles. The van der Waals surface area contributed by atoms with Gasteiger partial charge in [-0.15, -0.1) is 0 Å². The van der Waals surface area contributed by atoms with Gasteiger partial charge in [0.1, 0.15) is 6.04 Å². The summed E-state index contributed by atoms with van der Waals surface area (Å²) in [5, 5.41) is 12.0. The second-order valence-electron chi connectivity index (χ2n) is 4.69. The lowest BCUT2D eigenvalue weighted by Gasteiger charge is -2.11. The first-order chi connectivity index (χ1) is 10.1. The zero-order valence-corrected chi connectivity index (χ0v) is 13.3. The molecule has 0 aliphatic rings. The minimum Gasteiger partial charge on any atom is -0.480 e. The van der Waals surface area contributed by atoms with Gasteiger partial charge in [-0.05, 0) is 18.6 Å². The van der Waals surface area contributed by atoms with Crippen LogP contribution in [0.1, 0.15) is 25.7 Å². The molecule has 0 amide bonds. The van der Waals surface area contributed by atoms with E-state index in [1.165, 1.54) is 0 Å². The van der Waals surface area contributed by atoms with Crippen LogP contribution in [0, 0.1) is 0 Å². The van der Waals surface area contributed by atoms with Crippen LogP contribution in [0.3, 0.4) is 0 Å². The summed E-state index contributed by atoms with van der Waals surface area (Å²) in [6.07, 6.45) is 3.03. The Morgan fingerprint density at radius 2 is 2.14 bits per heavy atom. The summed E-state index contributed by atoms with van der Waals surface area (Å²) in [6.45, 7) is 2.25. The molecule has 2 N–H and O–H groups in total. The summed E-state index contributed by atoms with van der Waals surface area (Å²) in [5.41, 5.74) is 0.931. The number of aromatic nitrogens is 1. The average Bonchev–Trinajstić information content (AvgIpc) is 2.92. The Labute approximate surface area is 131 Å². The zero-order valence-electron chi connectivity index (χ0n) is 11.7. The molecule has 1 aromatic carbocycles. The number of carboxylic acid groups (broad SMARTS) is 1. The number of nitrogens with one attached hydrogen (secondary N) is 1. The van der Waals surface area contributed by atoms with Gasteiger partial charge < -0.3 is 9.52 Å². The van der Waals surface area contributed by atoms with Gasteiger partial charge >= 0.3 is 5.97 Å². The van der Waals surface area contributed by atoms with Crippen molar-refractivity contribution in [1.82, 2.24) is 10.3 Å². The van der Waals surface area contributed by atoms with Crippen LogP contribution in [0.5, 0.6) is 0 Å². The molecular formula is C15H17BrN2O3. The van der Waals surface area contributed by atoms with Crippen molar-refractivity contribution in [3.8, 4) is 11.3 Å². The van der Waals surface area contributed by atoms with Gasteiger partial charge in [-0.3, -0.25) is 10.1 Å². The molecule has 0 saturated carbocycles. The van der Waals surface area contributed by atoms with E-state index < -0.39 is 12.0 Å². The van der Waals surface area contributed by atoms with Crippen molar-refractivity contribution in [2.75, 3.05) is 0 Å². The summed E-state index contributed by atoms with van der Waals surface area (Å²) in [5.74, 6) is 0.300. The first-order valence-electron chi connectivity index (χ1n) is 6.77. The van der Waals surface area contributed by atoms with Crippen LogP contribution in [0.25, 0.3) is 11.3 Å². The fraction of sp³-hybridized carbons (Fsp3) is 0.333. The van der Waals surface area contributed by atoms with Crippen molar-refractivity contribution in [3.63, 3.8) is 0 Å². The van der Waals surface area contributed by atoms with Gasteiger partial charge in [0, 0.05) is 10.0 Å². The average molecular weight is 353 g/mol. The Morgan fingerprint density at radius 1 is 1.43 bits per heavy atom. The van der Waals surface area contributed by atoms with Crippen LogP contribution < -0.4 is 5.32 Å². The summed E-state index contributed by atoms with van der Waals surface area (Å²) >= 11 is 3.38. The fourth-order valence-electron chi connectivity index (χ4n) is 1.95. The number of halogens is 1. The zero-order chi connectivity index (χ0) is 15.2. The number of carboxylic acids is 1. The molecule has 21 heavy (non-hydrogen) atoms. The van der Waals surface area contributed by atoms with E-state index in [1.54, 1.807) is 6.20 Å². The van der Waals surface area contributed by atoms with Gasteiger partial charge in [0.2, 0.25) is 5.89 Å². The van der Waals surface area contributed by atoms with E-state index in [1.807, 2.05) is 31.2 Å². The molecule has 2 aromatic rings. The highest BCUT2D eigenvalue weighted by atomic mass is 79.9. The van der Waals surface area contributed by atoms with Crippen molar-refractivity contribution in [3.05, 3.63) is 40.8 Å². The predicted octanol–water partition coefficient (Wildman–Crippen LogP) is 3.45. The largest absolute Gasteiger partial charge is 0.480 e. The maximum absolute atomic E-state index is 11.1. The normalized spacial score (nSPS) is 12.3. The molecule has 0 bridgehead atoms. The molecule has 5 nitrogen and oxygen atoms in total. The highest BCUT2D eigenvalue weighted by Gasteiger charge is 2.16. The first kappa shape index (κ1) is 15.7. The maximum Gasteiger partial charge on any atom is 0.320 e. The van der Waals surface area contributed by atoms with E-state index in [9.17, 15) is 4.79 Å². The van der Waals surface area contributed by atoms with Crippen molar-refractivity contribution in [2.24, 2.45) is 0 Å². The molecule has 2 rings (SSSR count). The number of hydrogen-bond acceptors (Lipinski definition) is 4. The van der Waals surface area contributed by atoms with Gasteiger partial charge in [0.25, 0.3) is 0 Å². The van der Waals surface area contributed by atoms with Crippen LogP contribution in [-0.4, -0.2) is 22.1 Å². The third-order valence-corrected chi connectivity index (χ3v) is 3.59. The number of hydrogen-bond donors (Lipinski definition) is 2. The second-order valence-corrected chi connectivity index (χ2v) is 5.60. The minimum atomic E-state index is -0.850. The number of rotatable bonds is 7. The Kier molecular flexibility index (Phi) is 5.52. The molecular weight excluding hydrogens is 336 g/mol. The smallest absolute Gasteiger partial charge is 0.320 e. The number of carbonyl (C=O) groups is 1. The van der Waals surface area contributed by atoms with E-state index >= 15 is 0 Å². The SMILES string of the molecule is CCCC(NCc1ncc(-c2ccc(Br)cc2)o1)C(=O)O. The first-order valence-corrected chi connectivity index (χ1v) is 7.56. The highest BCUT2D eigenvalue weighted by molar-refractivity contribution is 9.10. The third kappa shape index (κ3) is 4.41. The summed E-state index contributed by atoms with van der Waals surface area (Å²) in [7, 11) is 0. The summed E-state index contributed by atoms with van der Waals surface area (Å²) in [6, 6.07) is 7.14. The van der Waals surface area contributed by atoms with E-state index in [-0.39, 0.29) is 0 Å². The number of aliphatic carboxylic acids is 1. The molecule has 0 fully saturated rings. The van der Waals surface area contributed by atoms with E-state index in [4.69, 9.17) is 9.52 Å². The van der Waals surface area contributed by atoms with Gasteiger partial charge in [-0.2, -0.15) is 0 Å². The number of oxazole rings is 1. The Morgan fingerprint density at radius 3 is 2.76 bits per heavy atom. The van der Waals surface area contributed by atoms with E-state index in [2.05, 4.69) is 26.2 Å². The lowest BCUT2D eigenvalue weighted by Crippen LogP contribution is -2.36. The monoisotopic (exact) mass is 352 g/mol. The van der Waals surface area contributed by atoms with Crippen molar-refractivity contribution >= 4 is 21.9 Å². The third-order valence-electron chi connectivity index (χ3n) is 3.06. The topological polar surface area (TPSA) is 75.4 Å². The molecule has 0 radical (unpaired) electrons. The molecule has 1 atom stereocenters. The maximum atomic E-state index is 11.1. The van der Waals surface area contributed by atoms with Gasteiger partial charge in [0.05, 0.1) is 12.7 Å². The van der Waals surface area contributed by atoms with Gasteiger partial charge in [-0.1, -0.05) is 41.4 Å². The molecule has 112 valence electrons. The Hall–Kier alpha value is -1.66. The fourth-order valence-corrected chi connectivity index (χ4v) is 2.22. The van der Waals surface area contributed by atoms with Crippen LogP contribution in [0.15, 0.2) is 39.4 Å². The molecule has 0 saturated heterocycles. The molecule has 0 aliphatic heterocycles. The molecule has 1 unspecified atom stereocenters. The Balaban J connectivity index is 2.00. The minimum absolute atomic E-state index is 0.299. The summed E-state index contributed by atoms with van der Waals surface area (Å²) in [4.78, 5) is 15.2. The van der Waals surface area contributed by atoms with Crippen molar-refractivity contribution < 1.29 is 14.3 Å². The Bertz CT molecular complexity index is 595. The lowest BCUT2D eigenvalue weighted by atomic mass is 10.2. The molecule has 0 spiro atoms. The molecule has 1 aromatic heterocycles. The van der Waals surface area contributed by atoms with Crippen LogP contribution in [-0.2, 0) is 11.3 Å². The van der Waals surface area contributed by atoms with Crippen molar-refractivity contribution in [2.45, 2.75) is 32.4 Å². The summed E-state index contributed by atoms with van der Waals surface area (Å²) < 4.78 is 6.63. The predicted molar refractivity (Wildman–Crippen MR) is 82.8 cm³/mol. The molecule has 6 heteroatoms. The van der Waals surface area contributed by atoms with Gasteiger partial charge in [0.15, 0.2) is 5.76 Å². The van der Waals surface area contributed by atoms with Crippen molar-refractivity contribution in [1.29, 1.82) is 0 Å². The van der Waals surface area contributed by atoms with E-state index in [0.717, 1.165) is 16.5 Å². The van der Waals surface area contributed by atoms with Crippen LogP contribution >= 0.6 is 15.9 Å². The van der Waals surface area contributed by atoms with Gasteiger partial charge in [-0.25, -0.2) is 4.98 Å². The molecule has 1 heterocycles.